The van der Waals surface area contributed by atoms with E-state index >= 15 is 0 Å². The summed E-state index contributed by atoms with van der Waals surface area (Å²) in [5, 5.41) is 12.7. The Hall–Kier alpha value is -2.96. The normalized spacial score (nSPS) is 25.0. The highest BCUT2D eigenvalue weighted by Gasteiger charge is 2.36. The van der Waals surface area contributed by atoms with Gasteiger partial charge in [0.15, 0.2) is 0 Å². The smallest absolute Gasteiger partial charge is 0.350 e. The molecule has 3 unspecified atom stereocenters. The highest BCUT2D eigenvalue weighted by atomic mass is 16.2. The minimum Gasteiger partial charge on any atom is -0.387 e. The first kappa shape index (κ1) is 16.5. The summed E-state index contributed by atoms with van der Waals surface area (Å²) in [6, 6.07) is 9.47. The van der Waals surface area contributed by atoms with Crippen molar-refractivity contribution in [2.75, 3.05) is 0 Å². The number of amidine groups is 1. The summed E-state index contributed by atoms with van der Waals surface area (Å²) in [7, 11) is 0. The summed E-state index contributed by atoms with van der Waals surface area (Å²) in [6.45, 7) is 4.29. The summed E-state index contributed by atoms with van der Waals surface area (Å²) in [6.07, 6.45) is 2.44. The number of fused-ring (bicyclic) bond motifs is 3. The molecule has 2 aromatic rings. The lowest BCUT2D eigenvalue weighted by molar-refractivity contribution is 0.620. The van der Waals surface area contributed by atoms with Gasteiger partial charge in [0.1, 0.15) is 11.7 Å². The molecule has 0 saturated carbocycles. The van der Waals surface area contributed by atoms with Gasteiger partial charge in [0.2, 0.25) is 0 Å². The van der Waals surface area contributed by atoms with Gasteiger partial charge in [-0.25, -0.2) is 14.0 Å². The van der Waals surface area contributed by atoms with Crippen molar-refractivity contribution in [3.8, 4) is 0 Å². The lowest BCUT2D eigenvalue weighted by Crippen LogP contribution is -2.35. The van der Waals surface area contributed by atoms with Crippen LogP contribution in [0.25, 0.3) is 5.70 Å². The Kier molecular flexibility index (Phi) is 3.86. The number of hydrogen-bond acceptors (Lipinski definition) is 5. The number of nitrogens with two attached hydrogens (primary N) is 1. The van der Waals surface area contributed by atoms with E-state index in [0.29, 0.717) is 30.3 Å². The summed E-state index contributed by atoms with van der Waals surface area (Å²) >= 11 is 0. The first-order valence-electron chi connectivity index (χ1n) is 8.82. The van der Waals surface area contributed by atoms with E-state index in [1.807, 2.05) is 50.3 Å². The molecule has 0 amide bonds. The van der Waals surface area contributed by atoms with Crippen molar-refractivity contribution < 1.29 is 0 Å². The molecule has 0 saturated heterocycles. The molecule has 1 aromatic heterocycles. The predicted octanol–water partition coefficient (Wildman–Crippen LogP) is 1.84. The van der Waals surface area contributed by atoms with Crippen LogP contribution in [0.2, 0.25) is 0 Å². The van der Waals surface area contributed by atoms with E-state index in [0.717, 1.165) is 11.3 Å². The molecule has 0 fully saturated rings. The van der Waals surface area contributed by atoms with Crippen molar-refractivity contribution in [2.45, 2.75) is 38.8 Å². The fourth-order valence-corrected chi connectivity index (χ4v) is 3.58. The van der Waals surface area contributed by atoms with Crippen molar-refractivity contribution in [3.05, 3.63) is 58.3 Å². The molecule has 3 N–H and O–H groups in total. The van der Waals surface area contributed by atoms with Gasteiger partial charge in [-0.15, -0.1) is 0 Å². The van der Waals surface area contributed by atoms with Crippen molar-refractivity contribution in [1.82, 2.24) is 14.3 Å². The van der Waals surface area contributed by atoms with E-state index < -0.39 is 0 Å². The van der Waals surface area contributed by atoms with Gasteiger partial charge >= 0.3 is 5.69 Å². The van der Waals surface area contributed by atoms with Crippen molar-refractivity contribution in [1.29, 1.82) is 5.41 Å². The number of nitrogens with zero attached hydrogens (tertiary/aromatic N) is 4. The Balaban J connectivity index is 1.87. The molecule has 1 aliphatic carbocycles. The van der Waals surface area contributed by atoms with E-state index in [2.05, 4.69) is 10.1 Å². The fourth-order valence-electron chi connectivity index (χ4n) is 3.58. The van der Waals surface area contributed by atoms with Crippen LogP contribution < -0.4 is 11.4 Å². The highest BCUT2D eigenvalue weighted by molar-refractivity contribution is 5.94. The summed E-state index contributed by atoms with van der Waals surface area (Å²) in [4.78, 5) is 17.8. The average Bonchev–Trinajstić information content (AvgIpc) is 2.90. The Morgan fingerprint density at radius 2 is 2.00 bits per heavy atom. The van der Waals surface area contributed by atoms with Gasteiger partial charge in [-0.1, -0.05) is 43.3 Å². The Morgan fingerprint density at radius 1 is 1.27 bits per heavy atom. The van der Waals surface area contributed by atoms with Gasteiger partial charge in [-0.05, 0) is 12.5 Å². The molecule has 2 aliphatic rings. The van der Waals surface area contributed by atoms with E-state index in [1.165, 1.54) is 4.68 Å². The molecular formula is C19H22N6O. The number of allylic oxidation sites excluding steroid dienone is 1. The van der Waals surface area contributed by atoms with Crippen LogP contribution in [0, 0.1) is 11.3 Å². The maximum absolute atomic E-state index is 13.1. The molecule has 0 bridgehead atoms. The zero-order valence-corrected chi connectivity index (χ0v) is 14.9. The molecule has 4 rings (SSSR count). The zero-order chi connectivity index (χ0) is 18.4. The minimum atomic E-state index is -0.313. The molecular weight excluding hydrogens is 328 g/mol. The van der Waals surface area contributed by atoms with Crippen LogP contribution in [-0.4, -0.2) is 31.9 Å². The monoisotopic (exact) mass is 350 g/mol. The van der Waals surface area contributed by atoms with Gasteiger partial charge in [0, 0.05) is 18.1 Å². The van der Waals surface area contributed by atoms with Crippen LogP contribution in [0.1, 0.15) is 37.6 Å². The number of aliphatic imine (C=N–C) groups is 1. The second kappa shape index (κ2) is 6.09. The van der Waals surface area contributed by atoms with E-state index in [-0.39, 0.29) is 23.6 Å². The van der Waals surface area contributed by atoms with Crippen LogP contribution in [0.15, 0.2) is 46.2 Å². The molecule has 0 radical (unpaired) electrons. The van der Waals surface area contributed by atoms with Crippen LogP contribution >= 0.6 is 0 Å². The number of aromatic nitrogens is 3. The summed E-state index contributed by atoms with van der Waals surface area (Å²) < 4.78 is 3.15. The first-order valence-corrected chi connectivity index (χ1v) is 8.82. The van der Waals surface area contributed by atoms with E-state index in [9.17, 15) is 4.79 Å². The molecule has 2 heterocycles. The lowest BCUT2D eigenvalue weighted by Gasteiger charge is -2.27. The molecule has 1 aliphatic heterocycles. The van der Waals surface area contributed by atoms with Gasteiger partial charge in [-0.3, -0.25) is 4.99 Å². The first-order chi connectivity index (χ1) is 12.5. The molecule has 0 spiro atoms. The summed E-state index contributed by atoms with van der Waals surface area (Å²) in [5.41, 5.74) is 8.44. The number of benzene rings is 1. The largest absolute Gasteiger partial charge is 0.387 e. The van der Waals surface area contributed by atoms with Gasteiger partial charge in [-0.2, -0.15) is 5.10 Å². The lowest BCUT2D eigenvalue weighted by atomic mass is 9.87. The third-order valence-corrected chi connectivity index (χ3v) is 5.27. The molecule has 1 aromatic carbocycles. The third-order valence-electron chi connectivity index (χ3n) is 5.27. The summed E-state index contributed by atoms with van der Waals surface area (Å²) in [5.74, 6) is 0.725. The van der Waals surface area contributed by atoms with Crippen molar-refractivity contribution >= 4 is 17.2 Å². The van der Waals surface area contributed by atoms with Crippen LogP contribution in [0.5, 0.6) is 0 Å². The minimum absolute atomic E-state index is 0.0870. The van der Waals surface area contributed by atoms with Crippen LogP contribution in [0.3, 0.4) is 0 Å². The predicted molar refractivity (Wildman–Crippen MR) is 102 cm³/mol. The van der Waals surface area contributed by atoms with E-state index in [1.54, 1.807) is 4.57 Å². The average molecular weight is 350 g/mol. The number of hydrogen-bond donors (Lipinski definition) is 2. The van der Waals surface area contributed by atoms with Crippen LogP contribution in [0.4, 0.5) is 0 Å². The number of rotatable bonds is 2. The van der Waals surface area contributed by atoms with Gasteiger partial charge in [0.05, 0.1) is 24.2 Å². The molecule has 134 valence electrons. The van der Waals surface area contributed by atoms with Gasteiger partial charge in [0.25, 0.3) is 0 Å². The third kappa shape index (κ3) is 2.51. The Labute approximate surface area is 151 Å². The van der Waals surface area contributed by atoms with Crippen molar-refractivity contribution in [2.24, 2.45) is 16.6 Å². The van der Waals surface area contributed by atoms with E-state index in [4.69, 9.17) is 11.1 Å². The zero-order valence-electron chi connectivity index (χ0n) is 14.9. The Bertz CT molecular complexity index is 981. The van der Waals surface area contributed by atoms with Gasteiger partial charge < -0.3 is 11.1 Å². The highest BCUT2D eigenvalue weighted by Crippen LogP contribution is 2.32. The molecule has 7 nitrogen and oxygen atoms in total. The van der Waals surface area contributed by atoms with Crippen molar-refractivity contribution in [3.63, 3.8) is 0 Å². The standard InChI is InChI=1S/C19H22N6O/c1-11-14(20)8-9-15-16(11)22-17(21)12(2)18-23-24(19(26)25(15)18)10-13-6-4-3-5-7-13/h3-7,9,11-12,16,20H,8,10H2,1-2H3,(H2,21,22). The molecule has 7 heteroatoms. The topological polar surface area (TPSA) is 102 Å². The SMILES string of the molecule is CC1C(N)=NC2C(=CCC(=N)C2C)n2c1nn(Cc1ccccc1)c2=O. The second-order valence-corrected chi connectivity index (χ2v) is 6.99. The number of nitrogens with one attached hydrogen (secondary N) is 1. The fraction of sp³-hybridized carbons (Fsp3) is 0.368. The quantitative estimate of drug-likeness (QED) is 0.864. The maximum Gasteiger partial charge on any atom is 0.350 e. The molecule has 3 atom stereocenters. The maximum atomic E-state index is 13.1. The molecule has 26 heavy (non-hydrogen) atoms. The second-order valence-electron chi connectivity index (χ2n) is 6.99. The Morgan fingerprint density at radius 3 is 2.73 bits per heavy atom. The van der Waals surface area contributed by atoms with Crippen LogP contribution in [-0.2, 0) is 6.54 Å².